The van der Waals surface area contributed by atoms with Crippen LogP contribution in [0.3, 0.4) is 0 Å². The molecule has 5 heteroatoms. The van der Waals surface area contributed by atoms with Crippen LogP contribution in [0, 0.1) is 13.8 Å². The Morgan fingerprint density at radius 2 is 1.95 bits per heavy atom. The van der Waals surface area contributed by atoms with Gasteiger partial charge in [0.05, 0.1) is 17.4 Å². The van der Waals surface area contributed by atoms with Gasteiger partial charge in [-0.2, -0.15) is 10.2 Å². The van der Waals surface area contributed by atoms with E-state index in [4.69, 9.17) is 21.8 Å². The van der Waals surface area contributed by atoms with Gasteiger partial charge in [-0.3, -0.25) is 0 Å². The van der Waals surface area contributed by atoms with Crippen molar-refractivity contribution in [2.45, 2.75) is 19.9 Å². The molecule has 1 aromatic carbocycles. The van der Waals surface area contributed by atoms with E-state index < -0.39 is 0 Å². The summed E-state index contributed by atoms with van der Waals surface area (Å²) in [5.41, 5.74) is 9.63. The molecule has 2 aromatic heterocycles. The van der Waals surface area contributed by atoms with Gasteiger partial charge in [0.15, 0.2) is 0 Å². The number of aromatic nitrogens is 2. The minimum Gasteiger partial charge on any atom is -0.459 e. The number of nitrogens with zero attached hydrogens (tertiary/aromatic N) is 2. The summed E-state index contributed by atoms with van der Waals surface area (Å²) in [6.07, 6.45) is 0. The van der Waals surface area contributed by atoms with Crippen LogP contribution < -0.4 is 5.73 Å². The highest BCUT2D eigenvalue weighted by atomic mass is 35.5. The van der Waals surface area contributed by atoms with Crippen molar-refractivity contribution in [1.29, 1.82) is 0 Å². The first-order chi connectivity index (χ1) is 9.54. The molecule has 0 spiro atoms. The topological polar surface area (TPSA) is 64.9 Å². The molecule has 1 unspecified atom stereocenters. The zero-order chi connectivity index (χ0) is 14.3. The third-order valence-corrected chi connectivity index (χ3v) is 3.51. The molecular formula is C15H14ClN3O. The molecule has 0 saturated carbocycles. The summed E-state index contributed by atoms with van der Waals surface area (Å²) >= 11 is 5.98. The lowest BCUT2D eigenvalue weighted by molar-refractivity contribution is 0.523. The molecule has 2 heterocycles. The molecule has 4 nitrogen and oxygen atoms in total. The zero-order valence-electron chi connectivity index (χ0n) is 11.2. The summed E-state index contributed by atoms with van der Waals surface area (Å²) in [6, 6.07) is 8.99. The van der Waals surface area contributed by atoms with Crippen LogP contribution in [0.25, 0.3) is 11.0 Å². The summed E-state index contributed by atoms with van der Waals surface area (Å²) in [7, 11) is 0. The van der Waals surface area contributed by atoms with Crippen LogP contribution in [0.15, 0.2) is 34.7 Å². The lowest BCUT2D eigenvalue weighted by atomic mass is 10.0. The van der Waals surface area contributed by atoms with E-state index in [-0.39, 0.29) is 6.04 Å². The van der Waals surface area contributed by atoms with Gasteiger partial charge in [0, 0.05) is 16.0 Å². The number of rotatable bonds is 2. The van der Waals surface area contributed by atoms with Crippen LogP contribution in [-0.4, -0.2) is 10.2 Å². The number of benzene rings is 1. The maximum atomic E-state index is 6.29. The van der Waals surface area contributed by atoms with E-state index in [1.165, 1.54) is 0 Å². The standard InChI is InChI=1S/C15H14ClN3O/c1-8-5-12(9(2)19-18-8)15(17)14-7-10-6-11(16)3-4-13(10)20-14/h3-7,15H,17H2,1-2H3. The Labute approximate surface area is 121 Å². The van der Waals surface area contributed by atoms with E-state index in [2.05, 4.69) is 10.2 Å². The van der Waals surface area contributed by atoms with Crippen LogP contribution >= 0.6 is 11.6 Å². The van der Waals surface area contributed by atoms with Gasteiger partial charge in [-0.25, -0.2) is 0 Å². The van der Waals surface area contributed by atoms with Crippen molar-refractivity contribution in [3.8, 4) is 0 Å². The average molecular weight is 288 g/mol. The Bertz CT molecular complexity index is 782. The van der Waals surface area contributed by atoms with Crippen LogP contribution in [0.5, 0.6) is 0 Å². The van der Waals surface area contributed by atoms with Crippen molar-refractivity contribution in [2.24, 2.45) is 5.73 Å². The Hall–Kier alpha value is -1.91. The molecule has 3 aromatic rings. The van der Waals surface area contributed by atoms with E-state index >= 15 is 0 Å². The first-order valence-corrected chi connectivity index (χ1v) is 6.68. The van der Waals surface area contributed by atoms with Crippen molar-refractivity contribution in [2.75, 3.05) is 0 Å². The molecule has 0 fully saturated rings. The third kappa shape index (κ3) is 2.28. The Kier molecular flexibility index (Phi) is 3.20. The molecule has 0 aliphatic heterocycles. The summed E-state index contributed by atoms with van der Waals surface area (Å²) in [5, 5.41) is 9.74. The molecule has 0 aliphatic rings. The zero-order valence-corrected chi connectivity index (χ0v) is 12.0. The minimum atomic E-state index is -0.365. The number of aryl methyl sites for hydroxylation is 2. The van der Waals surface area contributed by atoms with Gasteiger partial charge in [0.1, 0.15) is 11.3 Å². The molecule has 102 valence electrons. The van der Waals surface area contributed by atoms with Gasteiger partial charge >= 0.3 is 0 Å². The summed E-state index contributed by atoms with van der Waals surface area (Å²) < 4.78 is 5.80. The molecule has 3 rings (SSSR count). The molecule has 0 saturated heterocycles. The Morgan fingerprint density at radius 3 is 2.75 bits per heavy atom. The monoisotopic (exact) mass is 287 g/mol. The SMILES string of the molecule is Cc1cc(C(N)c2cc3cc(Cl)ccc3o2)c(C)nn1. The maximum absolute atomic E-state index is 6.29. The molecular weight excluding hydrogens is 274 g/mol. The number of hydrogen-bond acceptors (Lipinski definition) is 4. The van der Waals surface area contributed by atoms with Crippen LogP contribution in [0.2, 0.25) is 5.02 Å². The highest BCUT2D eigenvalue weighted by Crippen LogP contribution is 2.29. The fourth-order valence-electron chi connectivity index (χ4n) is 2.23. The predicted molar refractivity (Wildman–Crippen MR) is 78.8 cm³/mol. The molecule has 0 amide bonds. The Morgan fingerprint density at radius 1 is 1.15 bits per heavy atom. The number of furan rings is 1. The van der Waals surface area contributed by atoms with Gasteiger partial charge in [-0.1, -0.05) is 11.6 Å². The Balaban J connectivity index is 2.07. The van der Waals surface area contributed by atoms with E-state index in [1.54, 1.807) is 6.07 Å². The summed E-state index contributed by atoms with van der Waals surface area (Å²) in [4.78, 5) is 0. The normalized spacial score (nSPS) is 12.8. The molecule has 0 radical (unpaired) electrons. The van der Waals surface area contributed by atoms with Crippen molar-refractivity contribution in [3.05, 3.63) is 58.1 Å². The lowest BCUT2D eigenvalue weighted by Crippen LogP contribution is -2.14. The average Bonchev–Trinajstić information content (AvgIpc) is 2.83. The molecule has 0 aliphatic carbocycles. The summed E-state index contributed by atoms with van der Waals surface area (Å²) in [6.45, 7) is 3.78. The van der Waals surface area contributed by atoms with E-state index in [0.29, 0.717) is 10.8 Å². The van der Waals surface area contributed by atoms with Crippen molar-refractivity contribution < 1.29 is 4.42 Å². The molecule has 1 atom stereocenters. The first kappa shape index (κ1) is 13.1. The second-order valence-electron chi connectivity index (χ2n) is 4.84. The number of halogens is 1. The van der Waals surface area contributed by atoms with E-state index in [1.807, 2.05) is 38.1 Å². The highest BCUT2D eigenvalue weighted by molar-refractivity contribution is 6.31. The number of fused-ring (bicyclic) bond motifs is 1. The van der Waals surface area contributed by atoms with Gasteiger partial charge in [-0.15, -0.1) is 0 Å². The summed E-state index contributed by atoms with van der Waals surface area (Å²) in [5.74, 6) is 0.692. The van der Waals surface area contributed by atoms with Crippen LogP contribution in [0.1, 0.15) is 28.8 Å². The van der Waals surface area contributed by atoms with Gasteiger partial charge < -0.3 is 10.2 Å². The first-order valence-electron chi connectivity index (χ1n) is 6.30. The van der Waals surface area contributed by atoms with E-state index in [9.17, 15) is 0 Å². The van der Waals surface area contributed by atoms with E-state index in [0.717, 1.165) is 27.9 Å². The second-order valence-corrected chi connectivity index (χ2v) is 5.27. The van der Waals surface area contributed by atoms with Crippen LogP contribution in [0.4, 0.5) is 0 Å². The lowest BCUT2D eigenvalue weighted by Gasteiger charge is -2.11. The van der Waals surface area contributed by atoms with Gasteiger partial charge in [0.2, 0.25) is 0 Å². The number of nitrogens with two attached hydrogens (primary N) is 1. The molecule has 2 N–H and O–H groups in total. The third-order valence-electron chi connectivity index (χ3n) is 3.28. The maximum Gasteiger partial charge on any atom is 0.134 e. The largest absolute Gasteiger partial charge is 0.459 e. The minimum absolute atomic E-state index is 0.365. The fraction of sp³-hybridized carbons (Fsp3) is 0.200. The van der Waals surface area contributed by atoms with Crippen molar-refractivity contribution in [1.82, 2.24) is 10.2 Å². The van der Waals surface area contributed by atoms with Gasteiger partial charge in [0.25, 0.3) is 0 Å². The number of hydrogen-bond donors (Lipinski definition) is 1. The van der Waals surface area contributed by atoms with Crippen molar-refractivity contribution >= 4 is 22.6 Å². The molecule has 20 heavy (non-hydrogen) atoms. The molecule has 0 bridgehead atoms. The fourth-order valence-corrected chi connectivity index (χ4v) is 2.41. The smallest absolute Gasteiger partial charge is 0.134 e. The van der Waals surface area contributed by atoms with Gasteiger partial charge in [-0.05, 0) is 44.2 Å². The van der Waals surface area contributed by atoms with Crippen molar-refractivity contribution in [3.63, 3.8) is 0 Å². The second kappa shape index (κ2) is 4.89. The highest BCUT2D eigenvalue weighted by Gasteiger charge is 2.17. The van der Waals surface area contributed by atoms with Crippen LogP contribution in [-0.2, 0) is 0 Å². The predicted octanol–water partition coefficient (Wildman–Crippen LogP) is 3.54. The quantitative estimate of drug-likeness (QED) is 0.783.